The second kappa shape index (κ2) is 5.03. The standard InChI is InChI=1S/C21H18O/c1-2-14-13-15(11-12-20(14)22)21-18-9-5-3-7-16(18)17-8-4-6-10-19(17)21/h3-13,21-22H,2H2,1H3. The number of phenols is 1. The first kappa shape index (κ1) is 13.1. The average molecular weight is 286 g/mol. The largest absolute Gasteiger partial charge is 0.508 e. The molecule has 0 heterocycles. The number of phenolic OH excluding ortho intramolecular Hbond substituents is 1. The van der Waals surface area contributed by atoms with Gasteiger partial charge in [0.25, 0.3) is 0 Å². The summed E-state index contributed by atoms with van der Waals surface area (Å²) >= 11 is 0. The number of aromatic hydroxyl groups is 1. The topological polar surface area (TPSA) is 20.2 Å². The van der Waals surface area contributed by atoms with Gasteiger partial charge in [-0.15, -0.1) is 0 Å². The van der Waals surface area contributed by atoms with Crippen molar-refractivity contribution in [1.29, 1.82) is 0 Å². The SMILES string of the molecule is CCc1cc(C2c3ccccc3-c3ccccc32)ccc1O. The molecule has 0 aliphatic heterocycles. The molecule has 3 aromatic carbocycles. The highest BCUT2D eigenvalue weighted by Crippen LogP contribution is 2.48. The first-order valence-corrected chi connectivity index (χ1v) is 7.79. The molecule has 1 nitrogen and oxygen atoms in total. The van der Waals surface area contributed by atoms with Crippen LogP contribution in [0.25, 0.3) is 11.1 Å². The Kier molecular flexibility index (Phi) is 3.00. The summed E-state index contributed by atoms with van der Waals surface area (Å²) in [5.74, 6) is 0.657. The molecule has 0 aromatic heterocycles. The Morgan fingerprint density at radius 3 is 2.00 bits per heavy atom. The van der Waals surface area contributed by atoms with Crippen molar-refractivity contribution < 1.29 is 5.11 Å². The third-order valence-corrected chi connectivity index (χ3v) is 4.65. The summed E-state index contributed by atoms with van der Waals surface area (Å²) < 4.78 is 0. The predicted molar refractivity (Wildman–Crippen MR) is 90.3 cm³/mol. The summed E-state index contributed by atoms with van der Waals surface area (Å²) in [7, 11) is 0. The van der Waals surface area contributed by atoms with E-state index in [2.05, 4.69) is 67.6 Å². The number of fused-ring (bicyclic) bond motifs is 3. The molecule has 0 atom stereocenters. The zero-order chi connectivity index (χ0) is 15.1. The van der Waals surface area contributed by atoms with Gasteiger partial charge < -0.3 is 5.11 Å². The molecule has 4 rings (SSSR count). The predicted octanol–water partition coefficient (Wildman–Crippen LogP) is 5.12. The average Bonchev–Trinajstić information content (AvgIpc) is 2.90. The van der Waals surface area contributed by atoms with Gasteiger partial charge in [0.15, 0.2) is 0 Å². The van der Waals surface area contributed by atoms with Crippen LogP contribution in [0.4, 0.5) is 0 Å². The van der Waals surface area contributed by atoms with Crippen molar-refractivity contribution >= 4 is 0 Å². The highest BCUT2D eigenvalue weighted by Gasteiger charge is 2.29. The van der Waals surface area contributed by atoms with Crippen LogP contribution >= 0.6 is 0 Å². The van der Waals surface area contributed by atoms with E-state index in [1.807, 2.05) is 6.07 Å². The molecule has 0 amide bonds. The van der Waals surface area contributed by atoms with Gasteiger partial charge in [-0.05, 0) is 45.9 Å². The Balaban J connectivity index is 1.95. The zero-order valence-electron chi connectivity index (χ0n) is 12.6. The number of rotatable bonds is 2. The minimum absolute atomic E-state index is 0.262. The molecule has 0 saturated carbocycles. The van der Waals surface area contributed by atoms with Gasteiger partial charge in [-0.1, -0.05) is 67.6 Å². The summed E-state index contributed by atoms with van der Waals surface area (Å²) in [5.41, 5.74) is 7.64. The van der Waals surface area contributed by atoms with Crippen LogP contribution in [0, 0.1) is 0 Å². The minimum Gasteiger partial charge on any atom is -0.508 e. The van der Waals surface area contributed by atoms with Gasteiger partial charge in [-0.25, -0.2) is 0 Å². The lowest BCUT2D eigenvalue weighted by Gasteiger charge is -2.16. The first-order valence-electron chi connectivity index (χ1n) is 7.79. The number of benzene rings is 3. The lowest BCUT2D eigenvalue weighted by atomic mass is 9.88. The number of hydrogen-bond acceptors (Lipinski definition) is 1. The normalized spacial score (nSPS) is 13.0. The molecule has 1 N–H and O–H groups in total. The van der Waals surface area contributed by atoms with Gasteiger partial charge in [0, 0.05) is 5.92 Å². The van der Waals surface area contributed by atoms with Crippen LogP contribution in [0.5, 0.6) is 5.75 Å². The van der Waals surface area contributed by atoms with Crippen molar-refractivity contribution in [3.8, 4) is 16.9 Å². The van der Waals surface area contributed by atoms with Crippen LogP contribution in [0.3, 0.4) is 0 Å². The Morgan fingerprint density at radius 1 is 0.818 bits per heavy atom. The van der Waals surface area contributed by atoms with Crippen molar-refractivity contribution in [1.82, 2.24) is 0 Å². The molecule has 0 saturated heterocycles. The molecule has 3 aromatic rings. The highest BCUT2D eigenvalue weighted by molar-refractivity contribution is 5.80. The monoisotopic (exact) mass is 286 g/mol. The van der Waals surface area contributed by atoms with Crippen molar-refractivity contribution in [3.63, 3.8) is 0 Å². The van der Waals surface area contributed by atoms with Crippen molar-refractivity contribution in [3.05, 3.63) is 89.0 Å². The molecule has 0 unspecified atom stereocenters. The molecule has 1 aliphatic carbocycles. The summed E-state index contributed by atoms with van der Waals surface area (Å²) in [6.45, 7) is 2.08. The highest BCUT2D eigenvalue weighted by atomic mass is 16.3. The number of hydrogen-bond donors (Lipinski definition) is 1. The molecule has 22 heavy (non-hydrogen) atoms. The van der Waals surface area contributed by atoms with Crippen LogP contribution in [0.1, 0.15) is 35.1 Å². The van der Waals surface area contributed by atoms with Gasteiger partial charge in [0.05, 0.1) is 0 Å². The van der Waals surface area contributed by atoms with E-state index in [0.717, 1.165) is 12.0 Å². The zero-order valence-corrected chi connectivity index (χ0v) is 12.6. The summed E-state index contributed by atoms with van der Waals surface area (Å²) in [5, 5.41) is 9.97. The van der Waals surface area contributed by atoms with E-state index in [1.54, 1.807) is 0 Å². The number of aryl methyl sites for hydroxylation is 1. The summed E-state index contributed by atoms with van der Waals surface area (Å²) in [6.07, 6.45) is 0.843. The molecule has 0 bridgehead atoms. The van der Waals surface area contributed by atoms with Crippen LogP contribution in [-0.4, -0.2) is 5.11 Å². The van der Waals surface area contributed by atoms with Crippen LogP contribution in [0.2, 0.25) is 0 Å². The molecular weight excluding hydrogens is 268 g/mol. The Hall–Kier alpha value is -2.54. The van der Waals surface area contributed by atoms with E-state index < -0.39 is 0 Å². The maximum atomic E-state index is 9.97. The lowest BCUT2D eigenvalue weighted by Crippen LogP contribution is -2.00. The lowest BCUT2D eigenvalue weighted by molar-refractivity contribution is 0.468. The summed E-state index contributed by atoms with van der Waals surface area (Å²) in [6, 6.07) is 23.3. The van der Waals surface area contributed by atoms with Crippen molar-refractivity contribution in [2.24, 2.45) is 0 Å². The van der Waals surface area contributed by atoms with Crippen LogP contribution < -0.4 is 0 Å². The van der Waals surface area contributed by atoms with E-state index in [9.17, 15) is 5.11 Å². The van der Waals surface area contributed by atoms with E-state index in [4.69, 9.17) is 0 Å². The first-order chi connectivity index (χ1) is 10.8. The molecule has 0 fully saturated rings. The van der Waals surface area contributed by atoms with Gasteiger partial charge in [0.1, 0.15) is 5.75 Å². The molecule has 1 heteroatoms. The second-order valence-electron chi connectivity index (χ2n) is 5.85. The van der Waals surface area contributed by atoms with Gasteiger partial charge in [0.2, 0.25) is 0 Å². The fourth-order valence-corrected chi connectivity index (χ4v) is 3.58. The second-order valence-corrected chi connectivity index (χ2v) is 5.85. The summed E-state index contributed by atoms with van der Waals surface area (Å²) in [4.78, 5) is 0. The molecule has 108 valence electrons. The van der Waals surface area contributed by atoms with Gasteiger partial charge >= 0.3 is 0 Å². The maximum absolute atomic E-state index is 9.97. The van der Waals surface area contributed by atoms with Crippen molar-refractivity contribution in [2.45, 2.75) is 19.3 Å². The van der Waals surface area contributed by atoms with Gasteiger partial charge in [-0.3, -0.25) is 0 Å². The van der Waals surface area contributed by atoms with Crippen molar-refractivity contribution in [2.75, 3.05) is 0 Å². The Labute approximate surface area is 130 Å². The Morgan fingerprint density at radius 2 is 1.41 bits per heavy atom. The smallest absolute Gasteiger partial charge is 0.118 e. The molecular formula is C21H18O. The fourth-order valence-electron chi connectivity index (χ4n) is 3.58. The van der Waals surface area contributed by atoms with Crippen LogP contribution in [0.15, 0.2) is 66.7 Å². The third kappa shape index (κ3) is 1.86. The van der Waals surface area contributed by atoms with E-state index >= 15 is 0 Å². The van der Waals surface area contributed by atoms with Gasteiger partial charge in [-0.2, -0.15) is 0 Å². The molecule has 0 radical (unpaired) electrons. The van der Waals surface area contributed by atoms with Crippen LogP contribution in [-0.2, 0) is 6.42 Å². The quantitative estimate of drug-likeness (QED) is 0.542. The minimum atomic E-state index is 0.262. The van der Waals surface area contributed by atoms with E-state index in [-0.39, 0.29) is 5.92 Å². The van der Waals surface area contributed by atoms with E-state index in [0.29, 0.717) is 5.75 Å². The fraction of sp³-hybridized carbons (Fsp3) is 0.143. The molecule has 0 spiro atoms. The van der Waals surface area contributed by atoms with E-state index in [1.165, 1.54) is 27.8 Å². The third-order valence-electron chi connectivity index (χ3n) is 4.65. The maximum Gasteiger partial charge on any atom is 0.118 e. The molecule has 1 aliphatic rings. The Bertz CT molecular complexity index is 803.